The maximum Gasteiger partial charge on any atom is 0.147 e. The topological polar surface area (TPSA) is 43.3 Å². The number of pyridine rings is 1. The van der Waals surface area contributed by atoms with Crippen LogP contribution in [0, 0.1) is 13.8 Å². The molecule has 2 N–H and O–H groups in total. The van der Waals surface area contributed by atoms with Crippen LogP contribution in [0.15, 0.2) is 54.7 Å². The number of nitrogen functional groups attached to an aromatic ring is 1. The van der Waals surface area contributed by atoms with Crippen molar-refractivity contribution in [3.05, 3.63) is 65.9 Å². The van der Waals surface area contributed by atoms with Gasteiger partial charge in [-0.1, -0.05) is 42.0 Å². The molecule has 22 heavy (non-hydrogen) atoms. The van der Waals surface area contributed by atoms with Gasteiger partial charge in [-0.3, -0.25) is 4.40 Å². The van der Waals surface area contributed by atoms with Gasteiger partial charge in [0.2, 0.25) is 0 Å². The van der Waals surface area contributed by atoms with Gasteiger partial charge in [-0.15, -0.1) is 0 Å². The van der Waals surface area contributed by atoms with E-state index in [0.29, 0.717) is 5.82 Å². The fourth-order valence-electron chi connectivity index (χ4n) is 2.99. The Balaban J connectivity index is 2.10. The molecule has 3 heteroatoms. The lowest BCUT2D eigenvalue weighted by Crippen LogP contribution is -1.95. The summed E-state index contributed by atoms with van der Waals surface area (Å²) in [6, 6.07) is 16.7. The van der Waals surface area contributed by atoms with Gasteiger partial charge in [-0.2, -0.15) is 0 Å². The number of rotatable bonds is 1. The highest BCUT2D eigenvalue weighted by Crippen LogP contribution is 2.31. The third-order valence-corrected chi connectivity index (χ3v) is 4.20. The molecule has 0 saturated heterocycles. The first kappa shape index (κ1) is 12.9. The maximum atomic E-state index is 6.37. The van der Waals surface area contributed by atoms with Crippen LogP contribution >= 0.6 is 0 Å². The van der Waals surface area contributed by atoms with Gasteiger partial charge in [0.25, 0.3) is 0 Å². The summed E-state index contributed by atoms with van der Waals surface area (Å²) in [5.74, 6) is 0.688. The molecule has 0 spiro atoms. The van der Waals surface area contributed by atoms with Crippen molar-refractivity contribution < 1.29 is 0 Å². The van der Waals surface area contributed by atoms with Crippen LogP contribution in [0.1, 0.15) is 11.1 Å². The van der Waals surface area contributed by atoms with Crippen LogP contribution in [0.2, 0.25) is 0 Å². The van der Waals surface area contributed by atoms with Crippen molar-refractivity contribution in [3.8, 4) is 11.3 Å². The molecule has 2 aromatic heterocycles. The molecule has 2 heterocycles. The minimum Gasteiger partial charge on any atom is -0.383 e. The zero-order valence-electron chi connectivity index (χ0n) is 12.7. The molecule has 0 saturated carbocycles. The molecule has 0 aliphatic heterocycles. The number of hydrogen-bond acceptors (Lipinski definition) is 2. The lowest BCUT2D eigenvalue weighted by Gasteiger charge is -2.03. The highest BCUT2D eigenvalue weighted by atomic mass is 15.1. The zero-order chi connectivity index (χ0) is 15.3. The SMILES string of the molecule is Cc1ccc2ccn3c(N)c(-c4ccccc4C)nc3c2c1. The summed E-state index contributed by atoms with van der Waals surface area (Å²) in [6.45, 7) is 4.18. The normalized spacial score (nSPS) is 11.4. The number of fused-ring (bicyclic) bond motifs is 3. The average Bonchev–Trinajstić information content (AvgIpc) is 2.85. The molecule has 0 amide bonds. The molecule has 0 radical (unpaired) electrons. The molecule has 3 nitrogen and oxygen atoms in total. The second-order valence-electron chi connectivity index (χ2n) is 5.76. The Labute approximate surface area is 129 Å². The Hall–Kier alpha value is -2.81. The van der Waals surface area contributed by atoms with Crippen molar-refractivity contribution in [1.29, 1.82) is 0 Å². The van der Waals surface area contributed by atoms with Gasteiger partial charge in [-0.05, 0) is 36.9 Å². The van der Waals surface area contributed by atoms with Crippen molar-refractivity contribution >= 4 is 22.2 Å². The molecule has 0 aliphatic rings. The number of aryl methyl sites for hydroxylation is 2. The lowest BCUT2D eigenvalue weighted by atomic mass is 10.1. The first-order valence-corrected chi connectivity index (χ1v) is 7.38. The number of anilines is 1. The summed E-state index contributed by atoms with van der Waals surface area (Å²) in [5, 5.41) is 2.31. The van der Waals surface area contributed by atoms with Crippen LogP contribution in [0.25, 0.3) is 27.7 Å². The standard InChI is InChI=1S/C19H17N3/c1-12-7-8-14-9-10-22-18(20)17(21-19(22)16(14)11-12)15-6-4-3-5-13(15)2/h3-11H,20H2,1-2H3. The van der Waals surface area contributed by atoms with Crippen molar-refractivity contribution in [2.45, 2.75) is 13.8 Å². The maximum absolute atomic E-state index is 6.37. The molecule has 0 bridgehead atoms. The molecular weight excluding hydrogens is 270 g/mol. The predicted molar refractivity (Wildman–Crippen MR) is 92.0 cm³/mol. The van der Waals surface area contributed by atoms with Gasteiger partial charge in [-0.25, -0.2) is 4.98 Å². The van der Waals surface area contributed by atoms with Gasteiger partial charge in [0, 0.05) is 17.1 Å². The van der Waals surface area contributed by atoms with E-state index in [2.05, 4.69) is 50.2 Å². The Morgan fingerprint density at radius 2 is 1.82 bits per heavy atom. The summed E-state index contributed by atoms with van der Waals surface area (Å²) in [7, 11) is 0. The van der Waals surface area contributed by atoms with Crippen molar-refractivity contribution in [2.75, 3.05) is 5.73 Å². The van der Waals surface area contributed by atoms with Crippen LogP contribution in [0.5, 0.6) is 0 Å². The highest BCUT2D eigenvalue weighted by Gasteiger charge is 2.14. The van der Waals surface area contributed by atoms with Crippen molar-refractivity contribution in [1.82, 2.24) is 9.38 Å². The van der Waals surface area contributed by atoms with E-state index in [-0.39, 0.29) is 0 Å². The molecular formula is C19H17N3. The zero-order valence-corrected chi connectivity index (χ0v) is 12.7. The number of aromatic nitrogens is 2. The van der Waals surface area contributed by atoms with Gasteiger partial charge < -0.3 is 5.73 Å². The molecule has 108 valence electrons. The summed E-state index contributed by atoms with van der Waals surface area (Å²) in [4.78, 5) is 4.85. The highest BCUT2D eigenvalue weighted by molar-refractivity contribution is 5.97. The Morgan fingerprint density at radius 3 is 2.64 bits per heavy atom. The fraction of sp³-hybridized carbons (Fsp3) is 0.105. The Bertz CT molecular complexity index is 1010. The third-order valence-electron chi connectivity index (χ3n) is 4.20. The number of nitrogens with two attached hydrogens (primary N) is 1. The number of hydrogen-bond donors (Lipinski definition) is 1. The molecule has 0 aliphatic carbocycles. The summed E-state index contributed by atoms with van der Waals surface area (Å²) in [6.07, 6.45) is 2.00. The minimum atomic E-state index is 0.688. The van der Waals surface area contributed by atoms with Crippen LogP contribution in [0.4, 0.5) is 5.82 Å². The molecule has 4 rings (SSSR count). The second-order valence-corrected chi connectivity index (χ2v) is 5.76. The summed E-state index contributed by atoms with van der Waals surface area (Å²) in [5.41, 5.74) is 11.6. The Morgan fingerprint density at radius 1 is 1.00 bits per heavy atom. The number of imidazole rings is 1. The van der Waals surface area contributed by atoms with E-state index >= 15 is 0 Å². The molecule has 2 aromatic carbocycles. The van der Waals surface area contributed by atoms with Crippen molar-refractivity contribution in [2.24, 2.45) is 0 Å². The molecule has 0 unspecified atom stereocenters. The van der Waals surface area contributed by atoms with Gasteiger partial charge in [0.15, 0.2) is 0 Å². The van der Waals surface area contributed by atoms with Crippen LogP contribution in [0.3, 0.4) is 0 Å². The van der Waals surface area contributed by atoms with E-state index in [1.54, 1.807) is 0 Å². The predicted octanol–water partition coefficient (Wildman–Crippen LogP) is 4.35. The molecule has 0 fully saturated rings. The minimum absolute atomic E-state index is 0.688. The quantitative estimate of drug-likeness (QED) is 0.565. The van der Waals surface area contributed by atoms with Crippen LogP contribution in [-0.2, 0) is 0 Å². The van der Waals surface area contributed by atoms with E-state index in [1.165, 1.54) is 16.5 Å². The van der Waals surface area contributed by atoms with E-state index in [1.807, 2.05) is 22.7 Å². The Kier molecular flexibility index (Phi) is 2.70. The monoisotopic (exact) mass is 287 g/mol. The number of benzene rings is 2. The lowest BCUT2D eigenvalue weighted by molar-refractivity contribution is 1.21. The van der Waals surface area contributed by atoms with Gasteiger partial charge in [0.05, 0.1) is 0 Å². The van der Waals surface area contributed by atoms with Gasteiger partial charge in [0.1, 0.15) is 17.2 Å². The first-order valence-electron chi connectivity index (χ1n) is 7.38. The van der Waals surface area contributed by atoms with Crippen molar-refractivity contribution in [3.63, 3.8) is 0 Å². The van der Waals surface area contributed by atoms with Crippen LogP contribution in [-0.4, -0.2) is 9.38 Å². The van der Waals surface area contributed by atoms with E-state index < -0.39 is 0 Å². The smallest absolute Gasteiger partial charge is 0.147 e. The molecule has 4 aromatic rings. The molecule has 0 atom stereocenters. The van der Waals surface area contributed by atoms with Crippen LogP contribution < -0.4 is 5.73 Å². The van der Waals surface area contributed by atoms with E-state index in [9.17, 15) is 0 Å². The van der Waals surface area contributed by atoms with Gasteiger partial charge >= 0.3 is 0 Å². The average molecular weight is 287 g/mol. The second kappa shape index (κ2) is 4.60. The third kappa shape index (κ3) is 1.79. The summed E-state index contributed by atoms with van der Waals surface area (Å²) < 4.78 is 1.98. The fourth-order valence-corrected chi connectivity index (χ4v) is 2.99. The van der Waals surface area contributed by atoms with E-state index in [4.69, 9.17) is 10.7 Å². The number of nitrogens with zero attached hydrogens (tertiary/aromatic N) is 2. The largest absolute Gasteiger partial charge is 0.383 e. The first-order chi connectivity index (χ1) is 10.6. The van der Waals surface area contributed by atoms with E-state index in [0.717, 1.165) is 22.3 Å². The summed E-state index contributed by atoms with van der Waals surface area (Å²) >= 11 is 0.